The predicted molar refractivity (Wildman–Crippen MR) is 79.6 cm³/mol. The van der Waals surface area contributed by atoms with E-state index in [0.717, 1.165) is 10.2 Å². The first kappa shape index (κ1) is 16.2. The number of hydrogen-bond acceptors (Lipinski definition) is 3. The number of hydrogen-bond donors (Lipinski definition) is 2. The number of rotatable bonds is 7. The molecule has 2 N–H and O–H groups in total. The number of carboxylic acids is 1. The molecule has 0 aromatic carbocycles. The number of carboxylic acid groups (broad SMARTS) is 1. The quantitative estimate of drug-likeness (QED) is 0.792. The number of aliphatic carboxylic acids is 1. The lowest BCUT2D eigenvalue weighted by Crippen LogP contribution is -2.28. The van der Waals surface area contributed by atoms with Gasteiger partial charge in [-0.2, -0.15) is 0 Å². The van der Waals surface area contributed by atoms with Crippen molar-refractivity contribution in [3.8, 4) is 0 Å². The Balaban J connectivity index is 2.33. The zero-order chi connectivity index (χ0) is 14.5. The largest absolute Gasteiger partial charge is 0.481 e. The van der Waals surface area contributed by atoms with Crippen molar-refractivity contribution in [2.75, 3.05) is 6.54 Å². The molecule has 0 saturated carbocycles. The Morgan fingerprint density at radius 1 is 1.42 bits per heavy atom. The van der Waals surface area contributed by atoms with Gasteiger partial charge in [-0.3, -0.25) is 9.59 Å². The monoisotopic (exact) mass is 347 g/mol. The molecule has 6 heteroatoms. The molecule has 1 rings (SSSR count). The Bertz CT molecular complexity index is 456. The molecule has 0 fully saturated rings. The normalized spacial score (nSPS) is 11.3. The molecule has 1 amide bonds. The van der Waals surface area contributed by atoms with Crippen LogP contribution >= 0.6 is 27.3 Å². The fourth-order valence-corrected chi connectivity index (χ4v) is 2.75. The minimum absolute atomic E-state index is 0.0824. The van der Waals surface area contributed by atoms with Crippen molar-refractivity contribution in [1.29, 1.82) is 0 Å². The molecular formula is C13H18BrNO3S. The van der Waals surface area contributed by atoms with Gasteiger partial charge in [-0.05, 0) is 40.3 Å². The summed E-state index contributed by atoms with van der Waals surface area (Å²) in [7, 11) is 0. The highest BCUT2D eigenvalue weighted by molar-refractivity contribution is 9.11. The van der Waals surface area contributed by atoms with Crippen LogP contribution in [-0.4, -0.2) is 23.5 Å². The highest BCUT2D eigenvalue weighted by atomic mass is 79.9. The number of amides is 1. The van der Waals surface area contributed by atoms with Gasteiger partial charge in [-0.15, -0.1) is 11.3 Å². The molecule has 0 saturated heterocycles. The number of thiophene rings is 1. The van der Waals surface area contributed by atoms with Gasteiger partial charge in [-0.1, -0.05) is 13.8 Å². The van der Waals surface area contributed by atoms with Crippen LogP contribution in [-0.2, 0) is 4.79 Å². The van der Waals surface area contributed by atoms with Crippen LogP contribution in [0.15, 0.2) is 15.2 Å². The van der Waals surface area contributed by atoms with Crippen LogP contribution in [0.25, 0.3) is 0 Å². The average Bonchev–Trinajstić information content (AvgIpc) is 2.73. The van der Waals surface area contributed by atoms with E-state index in [1.165, 1.54) is 11.3 Å². The van der Waals surface area contributed by atoms with Crippen LogP contribution in [0.5, 0.6) is 0 Å². The average molecular weight is 348 g/mol. The molecule has 0 aliphatic carbocycles. The molecule has 1 aromatic heterocycles. The SMILES string of the molecule is CC(C)(CCNC(=O)c1csc(Br)c1)CCC(=O)O. The van der Waals surface area contributed by atoms with Gasteiger partial charge in [0.25, 0.3) is 5.91 Å². The second-order valence-electron chi connectivity index (χ2n) is 5.20. The minimum Gasteiger partial charge on any atom is -0.481 e. The standard InChI is InChI=1S/C13H18BrNO3S/c1-13(2,4-3-11(16)17)5-6-15-12(18)9-7-10(14)19-8-9/h7-8H,3-6H2,1-2H3,(H,15,18)(H,16,17). The molecule has 0 aliphatic rings. The predicted octanol–water partition coefficient (Wildman–Crippen LogP) is 3.52. The van der Waals surface area contributed by atoms with Gasteiger partial charge in [0.15, 0.2) is 0 Å². The number of carbonyl (C=O) groups is 2. The van der Waals surface area contributed by atoms with E-state index < -0.39 is 5.97 Å². The van der Waals surface area contributed by atoms with Crippen molar-refractivity contribution in [2.45, 2.75) is 33.1 Å². The zero-order valence-corrected chi connectivity index (χ0v) is 13.4. The third-order valence-electron chi connectivity index (χ3n) is 2.93. The van der Waals surface area contributed by atoms with Crippen LogP contribution < -0.4 is 5.32 Å². The van der Waals surface area contributed by atoms with Crippen molar-refractivity contribution in [1.82, 2.24) is 5.32 Å². The summed E-state index contributed by atoms with van der Waals surface area (Å²) >= 11 is 4.79. The maximum Gasteiger partial charge on any atom is 0.303 e. The second-order valence-corrected chi connectivity index (χ2v) is 7.49. The van der Waals surface area contributed by atoms with Crippen LogP contribution in [0.2, 0.25) is 0 Å². The lowest BCUT2D eigenvalue weighted by molar-refractivity contribution is -0.137. The van der Waals surface area contributed by atoms with Crippen molar-refractivity contribution in [3.63, 3.8) is 0 Å². The second kappa shape index (κ2) is 7.05. The Morgan fingerprint density at radius 3 is 2.63 bits per heavy atom. The first-order chi connectivity index (χ1) is 8.80. The molecule has 1 aromatic rings. The van der Waals surface area contributed by atoms with E-state index in [4.69, 9.17) is 5.11 Å². The molecule has 4 nitrogen and oxygen atoms in total. The fourth-order valence-electron chi connectivity index (χ4n) is 1.62. The first-order valence-electron chi connectivity index (χ1n) is 6.04. The number of carbonyl (C=O) groups excluding carboxylic acids is 1. The third kappa shape index (κ3) is 6.20. The summed E-state index contributed by atoms with van der Waals surface area (Å²) in [6, 6.07) is 1.79. The van der Waals surface area contributed by atoms with Gasteiger partial charge in [0, 0.05) is 18.3 Å². The van der Waals surface area contributed by atoms with Crippen LogP contribution in [0.3, 0.4) is 0 Å². The Morgan fingerprint density at radius 2 is 2.11 bits per heavy atom. The number of halogens is 1. The van der Waals surface area contributed by atoms with Crippen LogP contribution in [0.1, 0.15) is 43.5 Å². The zero-order valence-electron chi connectivity index (χ0n) is 11.0. The molecule has 0 unspecified atom stereocenters. The molecule has 0 aliphatic heterocycles. The summed E-state index contributed by atoms with van der Waals surface area (Å²) in [6.07, 6.45) is 1.54. The molecular weight excluding hydrogens is 330 g/mol. The van der Waals surface area contributed by atoms with E-state index in [1.54, 1.807) is 11.4 Å². The summed E-state index contributed by atoms with van der Waals surface area (Å²) in [5, 5.41) is 13.3. The maximum absolute atomic E-state index is 11.8. The van der Waals surface area contributed by atoms with Crippen molar-refractivity contribution < 1.29 is 14.7 Å². The lowest BCUT2D eigenvalue weighted by Gasteiger charge is -2.23. The van der Waals surface area contributed by atoms with Crippen molar-refractivity contribution in [3.05, 3.63) is 20.8 Å². The van der Waals surface area contributed by atoms with Gasteiger partial charge in [0.1, 0.15) is 0 Å². The van der Waals surface area contributed by atoms with E-state index in [0.29, 0.717) is 18.5 Å². The van der Waals surface area contributed by atoms with Gasteiger partial charge in [0.05, 0.1) is 9.35 Å². The van der Waals surface area contributed by atoms with E-state index in [-0.39, 0.29) is 17.7 Å². The van der Waals surface area contributed by atoms with E-state index in [2.05, 4.69) is 21.2 Å². The van der Waals surface area contributed by atoms with Gasteiger partial charge < -0.3 is 10.4 Å². The molecule has 1 heterocycles. The van der Waals surface area contributed by atoms with Gasteiger partial charge in [0.2, 0.25) is 0 Å². The molecule has 19 heavy (non-hydrogen) atoms. The van der Waals surface area contributed by atoms with Gasteiger partial charge >= 0.3 is 5.97 Å². The van der Waals surface area contributed by atoms with Crippen molar-refractivity contribution in [2.24, 2.45) is 5.41 Å². The molecule has 0 spiro atoms. The Kier molecular flexibility index (Phi) is 6.00. The van der Waals surface area contributed by atoms with Gasteiger partial charge in [-0.25, -0.2) is 0 Å². The summed E-state index contributed by atoms with van der Waals surface area (Å²) in [6.45, 7) is 4.59. The molecule has 0 atom stereocenters. The maximum atomic E-state index is 11.8. The summed E-state index contributed by atoms with van der Waals surface area (Å²) < 4.78 is 0.930. The summed E-state index contributed by atoms with van der Waals surface area (Å²) in [5.41, 5.74) is 0.571. The number of nitrogens with one attached hydrogen (secondary N) is 1. The smallest absolute Gasteiger partial charge is 0.303 e. The Hall–Kier alpha value is -0.880. The van der Waals surface area contributed by atoms with Crippen LogP contribution in [0, 0.1) is 5.41 Å². The highest BCUT2D eigenvalue weighted by Crippen LogP contribution is 2.26. The van der Waals surface area contributed by atoms with E-state index in [1.807, 2.05) is 13.8 Å². The minimum atomic E-state index is -0.778. The van der Waals surface area contributed by atoms with E-state index >= 15 is 0 Å². The lowest BCUT2D eigenvalue weighted by atomic mass is 9.84. The third-order valence-corrected chi connectivity index (χ3v) is 4.44. The summed E-state index contributed by atoms with van der Waals surface area (Å²) in [4.78, 5) is 22.3. The van der Waals surface area contributed by atoms with Crippen molar-refractivity contribution >= 4 is 39.1 Å². The molecule has 0 radical (unpaired) electrons. The topological polar surface area (TPSA) is 66.4 Å². The molecule has 0 bridgehead atoms. The van der Waals surface area contributed by atoms with Crippen LogP contribution in [0.4, 0.5) is 0 Å². The fraction of sp³-hybridized carbons (Fsp3) is 0.538. The van der Waals surface area contributed by atoms with E-state index in [9.17, 15) is 9.59 Å². The first-order valence-corrected chi connectivity index (χ1v) is 7.71. The highest BCUT2D eigenvalue weighted by Gasteiger charge is 2.19. The summed E-state index contributed by atoms with van der Waals surface area (Å²) in [5.74, 6) is -0.865. The molecule has 106 valence electrons. The Labute approximate surface area is 125 Å².